The van der Waals surface area contributed by atoms with Crippen LogP contribution in [0.5, 0.6) is 0 Å². The van der Waals surface area contributed by atoms with Gasteiger partial charge in [0.2, 0.25) is 5.91 Å². The van der Waals surface area contributed by atoms with Crippen molar-refractivity contribution in [2.75, 3.05) is 16.8 Å². The maximum Gasteiger partial charge on any atom is 0.237 e. The van der Waals surface area contributed by atoms with Gasteiger partial charge in [-0.15, -0.1) is 0 Å². The van der Waals surface area contributed by atoms with Crippen molar-refractivity contribution in [3.05, 3.63) is 54.3 Å². The molecule has 6 heteroatoms. The summed E-state index contributed by atoms with van der Waals surface area (Å²) in [4.78, 5) is 12.2. The Morgan fingerprint density at radius 2 is 1.95 bits per heavy atom. The molecule has 2 aromatic rings. The number of rotatable bonds is 4. The number of hydrogen-bond acceptors (Lipinski definition) is 3. The van der Waals surface area contributed by atoms with E-state index in [-0.39, 0.29) is 5.75 Å². The van der Waals surface area contributed by atoms with Crippen molar-refractivity contribution in [3.8, 4) is 0 Å². The molecule has 0 saturated heterocycles. The summed E-state index contributed by atoms with van der Waals surface area (Å²) < 4.78 is 25.0. The molecule has 1 unspecified atom stereocenters. The van der Waals surface area contributed by atoms with E-state index in [1.54, 1.807) is 30.3 Å². The van der Waals surface area contributed by atoms with Gasteiger partial charge >= 0.3 is 0 Å². The van der Waals surface area contributed by atoms with Crippen LogP contribution >= 0.6 is 0 Å². The van der Waals surface area contributed by atoms with E-state index in [2.05, 4.69) is 5.32 Å². The predicted molar refractivity (Wildman–Crippen MR) is 77.2 cm³/mol. The second-order valence-electron chi connectivity index (χ2n) is 4.09. The SMILES string of the molecule is Nc1ccccc1S(=O)CC(=O)Nc1cccc(F)c1. The second kappa shape index (κ2) is 6.29. The molecule has 0 spiro atoms. The Balaban J connectivity index is 2.02. The van der Waals surface area contributed by atoms with Crippen LogP contribution in [0, 0.1) is 5.82 Å². The van der Waals surface area contributed by atoms with E-state index >= 15 is 0 Å². The van der Waals surface area contributed by atoms with Crippen LogP contribution in [0.1, 0.15) is 0 Å². The summed E-state index contributed by atoms with van der Waals surface area (Å²) in [5, 5.41) is 2.49. The molecule has 0 heterocycles. The van der Waals surface area contributed by atoms with Crippen LogP contribution in [-0.4, -0.2) is 15.9 Å². The Kier molecular flexibility index (Phi) is 4.47. The third kappa shape index (κ3) is 3.64. The lowest BCUT2D eigenvalue weighted by molar-refractivity contribution is -0.113. The highest BCUT2D eigenvalue weighted by Gasteiger charge is 2.12. The third-order valence-corrected chi connectivity index (χ3v) is 3.92. The number of anilines is 2. The molecule has 0 fully saturated rings. The number of hydrogen-bond donors (Lipinski definition) is 2. The molecule has 1 atom stereocenters. The maximum absolute atomic E-state index is 13.0. The smallest absolute Gasteiger partial charge is 0.237 e. The van der Waals surface area contributed by atoms with Gasteiger partial charge in [-0.1, -0.05) is 18.2 Å². The number of halogens is 1. The first kappa shape index (κ1) is 14.2. The van der Waals surface area contributed by atoms with E-state index in [4.69, 9.17) is 5.73 Å². The molecule has 0 saturated carbocycles. The number of carbonyl (C=O) groups excluding carboxylic acids is 1. The number of para-hydroxylation sites is 1. The minimum absolute atomic E-state index is 0.231. The summed E-state index contributed by atoms with van der Waals surface area (Å²) in [5.74, 6) is -1.14. The van der Waals surface area contributed by atoms with Gasteiger partial charge in [-0.3, -0.25) is 9.00 Å². The van der Waals surface area contributed by atoms with Crippen molar-refractivity contribution >= 4 is 28.1 Å². The maximum atomic E-state index is 13.0. The lowest BCUT2D eigenvalue weighted by Gasteiger charge is -2.07. The van der Waals surface area contributed by atoms with Gasteiger partial charge in [0.25, 0.3) is 0 Å². The van der Waals surface area contributed by atoms with Gasteiger partial charge in [0.15, 0.2) is 0 Å². The third-order valence-electron chi connectivity index (χ3n) is 2.53. The lowest BCUT2D eigenvalue weighted by Crippen LogP contribution is -2.20. The number of benzene rings is 2. The first-order chi connectivity index (χ1) is 9.56. The molecule has 0 aliphatic carbocycles. The predicted octanol–water partition coefficient (Wildman–Crippen LogP) is 2.15. The van der Waals surface area contributed by atoms with Crippen molar-refractivity contribution in [1.82, 2.24) is 0 Å². The Hall–Kier alpha value is -2.21. The molecule has 4 nitrogen and oxygen atoms in total. The first-order valence-electron chi connectivity index (χ1n) is 5.84. The minimum Gasteiger partial charge on any atom is -0.398 e. The summed E-state index contributed by atoms with van der Waals surface area (Å²) in [6, 6.07) is 12.2. The van der Waals surface area contributed by atoms with Crippen LogP contribution in [0.3, 0.4) is 0 Å². The molecule has 0 bridgehead atoms. The van der Waals surface area contributed by atoms with Crippen molar-refractivity contribution in [2.24, 2.45) is 0 Å². The number of nitrogens with two attached hydrogens (primary N) is 1. The van der Waals surface area contributed by atoms with Gasteiger partial charge in [-0.25, -0.2) is 4.39 Å². The van der Waals surface area contributed by atoms with Crippen LogP contribution in [0.2, 0.25) is 0 Å². The summed E-state index contributed by atoms with van der Waals surface area (Å²) in [5.41, 5.74) is 6.40. The summed E-state index contributed by atoms with van der Waals surface area (Å²) in [7, 11) is -1.53. The molecule has 2 rings (SSSR count). The molecule has 2 aromatic carbocycles. The van der Waals surface area contributed by atoms with Gasteiger partial charge in [0.05, 0.1) is 15.7 Å². The molecule has 20 heavy (non-hydrogen) atoms. The van der Waals surface area contributed by atoms with E-state index in [0.29, 0.717) is 16.3 Å². The molecule has 1 amide bonds. The Morgan fingerprint density at radius 3 is 2.65 bits per heavy atom. The summed E-state index contributed by atoms with van der Waals surface area (Å²) >= 11 is 0. The van der Waals surface area contributed by atoms with E-state index in [0.717, 1.165) is 0 Å². The van der Waals surface area contributed by atoms with Gasteiger partial charge in [-0.2, -0.15) is 0 Å². The quantitative estimate of drug-likeness (QED) is 0.848. The zero-order chi connectivity index (χ0) is 14.5. The zero-order valence-electron chi connectivity index (χ0n) is 10.5. The van der Waals surface area contributed by atoms with Crippen LogP contribution in [0.25, 0.3) is 0 Å². The number of carbonyl (C=O) groups is 1. The fraction of sp³-hybridized carbons (Fsp3) is 0.0714. The van der Waals surface area contributed by atoms with E-state index in [1.165, 1.54) is 18.2 Å². The van der Waals surface area contributed by atoms with Crippen molar-refractivity contribution in [1.29, 1.82) is 0 Å². The highest BCUT2D eigenvalue weighted by atomic mass is 32.2. The van der Waals surface area contributed by atoms with Gasteiger partial charge in [0.1, 0.15) is 11.6 Å². The van der Waals surface area contributed by atoms with E-state index in [1.807, 2.05) is 0 Å². The average molecular weight is 292 g/mol. The van der Waals surface area contributed by atoms with Gasteiger partial charge in [-0.05, 0) is 30.3 Å². The van der Waals surface area contributed by atoms with Crippen molar-refractivity contribution in [2.45, 2.75) is 4.90 Å². The molecular weight excluding hydrogens is 279 g/mol. The largest absolute Gasteiger partial charge is 0.398 e. The summed E-state index contributed by atoms with van der Waals surface area (Å²) in [6.07, 6.45) is 0. The Morgan fingerprint density at radius 1 is 1.20 bits per heavy atom. The molecule has 0 aromatic heterocycles. The fourth-order valence-corrected chi connectivity index (χ4v) is 2.68. The molecule has 3 N–H and O–H groups in total. The minimum atomic E-state index is -1.53. The lowest BCUT2D eigenvalue weighted by atomic mass is 10.3. The summed E-state index contributed by atoms with van der Waals surface area (Å²) in [6.45, 7) is 0. The van der Waals surface area contributed by atoms with Crippen LogP contribution in [0.4, 0.5) is 15.8 Å². The van der Waals surface area contributed by atoms with Crippen LogP contribution in [0.15, 0.2) is 53.4 Å². The Bertz CT molecular complexity index is 661. The van der Waals surface area contributed by atoms with Crippen LogP contribution < -0.4 is 11.1 Å². The van der Waals surface area contributed by atoms with E-state index in [9.17, 15) is 13.4 Å². The number of nitrogens with one attached hydrogen (secondary N) is 1. The monoisotopic (exact) mass is 292 g/mol. The molecule has 0 aliphatic heterocycles. The van der Waals surface area contributed by atoms with E-state index < -0.39 is 22.5 Å². The molecular formula is C14H13FN2O2S. The van der Waals surface area contributed by atoms with Crippen LogP contribution in [-0.2, 0) is 15.6 Å². The van der Waals surface area contributed by atoms with Crippen molar-refractivity contribution < 1.29 is 13.4 Å². The van der Waals surface area contributed by atoms with Gasteiger partial charge in [0, 0.05) is 11.4 Å². The number of amides is 1. The van der Waals surface area contributed by atoms with Gasteiger partial charge < -0.3 is 11.1 Å². The highest BCUT2D eigenvalue weighted by molar-refractivity contribution is 7.86. The molecule has 104 valence electrons. The van der Waals surface area contributed by atoms with Crippen molar-refractivity contribution in [3.63, 3.8) is 0 Å². The fourth-order valence-electron chi connectivity index (χ4n) is 1.65. The normalized spacial score (nSPS) is 11.8. The zero-order valence-corrected chi connectivity index (χ0v) is 11.3. The number of nitrogen functional groups attached to an aromatic ring is 1. The second-order valence-corrected chi connectivity index (χ2v) is 5.51. The topological polar surface area (TPSA) is 72.2 Å². The first-order valence-corrected chi connectivity index (χ1v) is 7.16. The highest BCUT2D eigenvalue weighted by Crippen LogP contribution is 2.16. The Labute approximate surface area is 118 Å². The molecule has 0 aliphatic rings. The standard InChI is InChI=1S/C14H13FN2O2S/c15-10-4-3-5-11(8-10)17-14(18)9-20(19)13-7-2-1-6-12(13)16/h1-8H,9,16H2,(H,17,18). The average Bonchev–Trinajstić information content (AvgIpc) is 2.38. The molecule has 0 radical (unpaired) electrons.